The molecule has 2 aliphatic rings. The monoisotopic (exact) mass is 700 g/mol. The highest BCUT2D eigenvalue weighted by Gasteiger charge is 2.39. The van der Waals surface area contributed by atoms with Crippen molar-refractivity contribution in [3.8, 4) is 17.2 Å². The van der Waals surface area contributed by atoms with E-state index in [9.17, 15) is 19.8 Å². The van der Waals surface area contributed by atoms with Gasteiger partial charge in [0.15, 0.2) is 12.4 Å². The summed E-state index contributed by atoms with van der Waals surface area (Å²) < 4.78 is 11.6. The van der Waals surface area contributed by atoms with E-state index < -0.39 is 0 Å². The Hall–Kier alpha value is -4.12. The number of aromatic hydroxyl groups is 2. The number of fused-ring (bicyclic) bond motifs is 1. The van der Waals surface area contributed by atoms with Crippen molar-refractivity contribution in [2.45, 2.75) is 64.2 Å². The Balaban J connectivity index is 1.10. The lowest BCUT2D eigenvalue weighted by Crippen LogP contribution is -2.41. The number of carbonyl (C=O) groups is 2. The van der Waals surface area contributed by atoms with Gasteiger partial charge in [-0.1, -0.05) is 75.2 Å². The molecule has 2 heterocycles. The van der Waals surface area contributed by atoms with Crippen LogP contribution in [-0.2, 0) is 32.6 Å². The molecule has 0 saturated carbocycles. The van der Waals surface area contributed by atoms with E-state index in [-0.39, 0.29) is 29.6 Å². The van der Waals surface area contributed by atoms with E-state index in [1.54, 1.807) is 6.07 Å². The second-order valence-corrected chi connectivity index (χ2v) is 14.0. The first-order valence-corrected chi connectivity index (χ1v) is 18.6. The number of rotatable bonds is 18. The van der Waals surface area contributed by atoms with Gasteiger partial charge in [-0.15, -0.1) is 0 Å². The van der Waals surface area contributed by atoms with Crippen LogP contribution in [0.5, 0.6) is 17.2 Å². The van der Waals surface area contributed by atoms with E-state index >= 15 is 0 Å². The Bertz CT molecular complexity index is 1590. The van der Waals surface area contributed by atoms with E-state index in [0.717, 1.165) is 62.0 Å². The van der Waals surface area contributed by atoms with Gasteiger partial charge >= 0.3 is 0 Å². The van der Waals surface area contributed by atoms with Gasteiger partial charge in [-0.2, -0.15) is 0 Å². The van der Waals surface area contributed by atoms with Gasteiger partial charge in [0.25, 0.3) is 5.91 Å². The van der Waals surface area contributed by atoms with Crippen LogP contribution < -0.4 is 15.4 Å². The molecule has 1 saturated heterocycles. The van der Waals surface area contributed by atoms with E-state index in [1.807, 2.05) is 29.2 Å². The molecule has 1 fully saturated rings. The van der Waals surface area contributed by atoms with Gasteiger partial charge in [0.1, 0.15) is 17.2 Å². The fourth-order valence-corrected chi connectivity index (χ4v) is 7.35. The Kier molecular flexibility index (Phi) is 13.7. The summed E-state index contributed by atoms with van der Waals surface area (Å²) in [4.78, 5) is 29.4. The maximum atomic E-state index is 13.4. The lowest BCUT2D eigenvalue weighted by molar-refractivity contribution is -0.133. The molecule has 0 bridgehead atoms. The zero-order valence-corrected chi connectivity index (χ0v) is 30.6. The number of piperidine rings is 1. The van der Waals surface area contributed by atoms with Gasteiger partial charge < -0.3 is 40.1 Å². The fourth-order valence-electron chi connectivity index (χ4n) is 7.35. The molecule has 276 valence electrons. The summed E-state index contributed by atoms with van der Waals surface area (Å²) in [6, 6.07) is 19.9. The molecule has 0 aromatic heterocycles. The van der Waals surface area contributed by atoms with E-state index in [2.05, 4.69) is 66.8 Å². The van der Waals surface area contributed by atoms with Crippen molar-refractivity contribution in [3.05, 3.63) is 82.9 Å². The molecule has 10 heteroatoms. The lowest BCUT2D eigenvalue weighted by Gasteiger charge is -2.42. The van der Waals surface area contributed by atoms with Crippen LogP contribution in [0, 0.1) is 5.92 Å². The summed E-state index contributed by atoms with van der Waals surface area (Å²) in [5, 5.41) is 27.3. The maximum Gasteiger partial charge on any atom is 0.262 e. The van der Waals surface area contributed by atoms with Crippen LogP contribution in [0.4, 0.5) is 5.69 Å². The molecule has 51 heavy (non-hydrogen) atoms. The lowest BCUT2D eigenvalue weighted by atomic mass is 9.67. The van der Waals surface area contributed by atoms with E-state index in [1.165, 1.54) is 5.56 Å². The molecule has 0 radical (unpaired) electrons. The van der Waals surface area contributed by atoms with Gasteiger partial charge in [0.2, 0.25) is 5.91 Å². The molecular formula is C41H56N4O6. The van der Waals surface area contributed by atoms with Crippen LogP contribution >= 0.6 is 0 Å². The van der Waals surface area contributed by atoms with Crippen molar-refractivity contribution in [1.82, 2.24) is 15.1 Å². The van der Waals surface area contributed by atoms with Crippen molar-refractivity contribution in [1.29, 1.82) is 0 Å². The highest BCUT2D eigenvalue weighted by Crippen LogP contribution is 2.45. The summed E-state index contributed by atoms with van der Waals surface area (Å²) >= 11 is 0. The number of hydrogen-bond acceptors (Lipinski definition) is 8. The molecule has 10 nitrogen and oxygen atoms in total. The molecule has 0 atom stereocenters. The first kappa shape index (κ1) is 38.1. The van der Waals surface area contributed by atoms with Crippen LogP contribution in [0.25, 0.3) is 0 Å². The number of amides is 2. The van der Waals surface area contributed by atoms with Crippen molar-refractivity contribution in [2.75, 3.05) is 71.5 Å². The fraction of sp³-hybridized carbons (Fsp3) is 0.512. The van der Waals surface area contributed by atoms with Gasteiger partial charge in [-0.05, 0) is 87.1 Å². The quantitative estimate of drug-likeness (QED) is 0.102. The van der Waals surface area contributed by atoms with Crippen molar-refractivity contribution >= 4 is 17.5 Å². The highest BCUT2D eigenvalue weighted by atomic mass is 16.5. The number of benzene rings is 3. The highest BCUT2D eigenvalue weighted by molar-refractivity contribution is 5.97. The smallest absolute Gasteiger partial charge is 0.262 e. The summed E-state index contributed by atoms with van der Waals surface area (Å²) in [6.07, 6.45) is 5.61. The first-order chi connectivity index (χ1) is 24.7. The zero-order chi connectivity index (χ0) is 36.2. The molecule has 4 N–H and O–H groups in total. The Morgan fingerprint density at radius 3 is 2.49 bits per heavy atom. The summed E-state index contributed by atoms with van der Waals surface area (Å²) in [6.45, 7) is 9.71. The number of likely N-dealkylation sites (tertiary alicyclic amines) is 1. The zero-order valence-electron chi connectivity index (χ0n) is 30.6. The summed E-state index contributed by atoms with van der Waals surface area (Å²) in [5.74, 6) is 1.10. The maximum absolute atomic E-state index is 13.4. The topological polar surface area (TPSA) is 124 Å². The number of anilines is 1. The van der Waals surface area contributed by atoms with E-state index in [0.29, 0.717) is 75.2 Å². The van der Waals surface area contributed by atoms with Gasteiger partial charge in [-0.25, -0.2) is 0 Å². The third kappa shape index (κ3) is 9.81. The minimum absolute atomic E-state index is 0.0106. The predicted molar refractivity (Wildman–Crippen MR) is 201 cm³/mol. The standard InChI is InChI=1S/C41H56N4O6/c1-4-30(5-2)28-45(24-21-42-20-15-32-12-14-36(47)39-40(32)51-29-37(48)43-39)38(49)17-26-50-25-16-31-11-13-35(46)34(27-31)41(18-22-44(3)23-19-41)33-9-7-6-8-10-33/h6-14,27,30,42,46-47H,4-5,15-26,28-29H2,1-3H3,(H,43,48). The van der Waals surface area contributed by atoms with Gasteiger partial charge in [-0.3, -0.25) is 9.59 Å². The minimum Gasteiger partial charge on any atom is -0.508 e. The SMILES string of the molecule is CCC(CC)CN(CCNCCc1ccc(O)c2c1OCC(=O)N2)C(=O)CCOCCc1ccc(O)c(C2(c3ccccc3)CCN(C)CC2)c1. The molecule has 2 aliphatic heterocycles. The normalized spacial score (nSPS) is 15.6. The number of phenols is 2. The molecule has 0 unspecified atom stereocenters. The molecule has 2 amide bonds. The molecule has 0 aliphatic carbocycles. The first-order valence-electron chi connectivity index (χ1n) is 18.6. The second kappa shape index (κ2) is 18.4. The minimum atomic E-state index is -0.285. The van der Waals surface area contributed by atoms with E-state index in [4.69, 9.17) is 9.47 Å². The number of carbonyl (C=O) groups excluding carboxylic acids is 2. The molecule has 0 spiro atoms. The second-order valence-electron chi connectivity index (χ2n) is 14.0. The number of nitrogens with zero attached hydrogens (tertiary/aromatic N) is 2. The van der Waals surface area contributed by atoms with Crippen LogP contribution in [0.3, 0.4) is 0 Å². The third-order valence-electron chi connectivity index (χ3n) is 10.7. The van der Waals surface area contributed by atoms with Crippen LogP contribution in [-0.4, -0.2) is 98.0 Å². The molecule has 3 aromatic rings. The van der Waals surface area contributed by atoms with Gasteiger partial charge in [0.05, 0.1) is 19.6 Å². The Labute approximate surface area is 303 Å². The van der Waals surface area contributed by atoms with Gasteiger partial charge in [0, 0.05) is 30.6 Å². The summed E-state index contributed by atoms with van der Waals surface area (Å²) in [5.41, 5.74) is 4.35. The van der Waals surface area contributed by atoms with Crippen LogP contribution in [0.15, 0.2) is 60.7 Å². The average molecular weight is 701 g/mol. The predicted octanol–water partition coefficient (Wildman–Crippen LogP) is 5.49. The van der Waals surface area contributed by atoms with Crippen LogP contribution in [0.1, 0.15) is 68.2 Å². The number of nitrogens with one attached hydrogen (secondary N) is 2. The number of ether oxygens (including phenoxy) is 2. The molecule has 3 aromatic carbocycles. The third-order valence-corrected chi connectivity index (χ3v) is 10.7. The number of phenolic OH excluding ortho intramolecular Hbond substituents is 2. The Morgan fingerprint density at radius 2 is 1.75 bits per heavy atom. The van der Waals surface area contributed by atoms with Crippen molar-refractivity contribution in [2.24, 2.45) is 5.92 Å². The van der Waals surface area contributed by atoms with Crippen molar-refractivity contribution in [3.63, 3.8) is 0 Å². The van der Waals surface area contributed by atoms with Crippen molar-refractivity contribution < 1.29 is 29.3 Å². The van der Waals surface area contributed by atoms with Crippen LogP contribution in [0.2, 0.25) is 0 Å². The summed E-state index contributed by atoms with van der Waals surface area (Å²) in [7, 11) is 2.16. The number of hydrogen-bond donors (Lipinski definition) is 4. The largest absolute Gasteiger partial charge is 0.508 e. The molecular weight excluding hydrogens is 644 g/mol. The average Bonchev–Trinajstić information content (AvgIpc) is 3.15. The Morgan fingerprint density at radius 1 is 1.00 bits per heavy atom. The molecule has 5 rings (SSSR count).